The van der Waals surface area contributed by atoms with Crippen molar-refractivity contribution in [2.24, 2.45) is 0 Å². The molecule has 0 radical (unpaired) electrons. The molecule has 0 fully saturated rings. The standard InChI is InChI=1S/C44H80O13P2/c1-3-5-7-9-11-13-15-17-19-20-22-24-26-28-30-32-34-36-44(47)57-42(40-56-59(51,52)55-38-41(45)37-54-58(48,49)50)39-53-43(46)35-33-31-29-27-25-23-21-18-16-14-12-10-8-6-4-2/h11,13,17,19,22,24,28,30,41-42,45H,3-10,12,14-16,18,20-21,23,25-27,29,31-40H2,1-2H3,(H,51,52)(H2,48,49,50). The summed E-state index contributed by atoms with van der Waals surface area (Å²) in [5, 5.41) is 9.74. The van der Waals surface area contributed by atoms with Gasteiger partial charge >= 0.3 is 27.6 Å². The lowest BCUT2D eigenvalue weighted by molar-refractivity contribution is -0.161. The van der Waals surface area contributed by atoms with Crippen LogP contribution < -0.4 is 0 Å². The number of unbranched alkanes of at least 4 members (excludes halogenated alkanes) is 18. The van der Waals surface area contributed by atoms with Crippen molar-refractivity contribution >= 4 is 27.6 Å². The second-order valence-corrected chi connectivity index (χ2v) is 17.7. The first-order valence-electron chi connectivity index (χ1n) is 22.3. The Morgan fingerprint density at radius 2 is 0.898 bits per heavy atom. The summed E-state index contributed by atoms with van der Waals surface area (Å²) in [6, 6.07) is 0. The van der Waals surface area contributed by atoms with Crippen LogP contribution >= 0.6 is 15.6 Å². The summed E-state index contributed by atoms with van der Waals surface area (Å²) in [5.74, 6) is -1.09. The highest BCUT2D eigenvalue weighted by molar-refractivity contribution is 7.47. The molecule has 0 aromatic carbocycles. The molecule has 15 heteroatoms. The van der Waals surface area contributed by atoms with Gasteiger partial charge in [0, 0.05) is 12.8 Å². The molecule has 0 saturated heterocycles. The summed E-state index contributed by atoms with van der Waals surface area (Å²) in [5.41, 5.74) is 0. The van der Waals surface area contributed by atoms with Crippen molar-refractivity contribution in [1.29, 1.82) is 0 Å². The molecule has 0 aromatic heterocycles. The number of hydrogen-bond donors (Lipinski definition) is 4. The summed E-state index contributed by atoms with van der Waals surface area (Å²) in [7, 11) is -9.69. The second kappa shape index (κ2) is 40.2. The van der Waals surface area contributed by atoms with E-state index in [0.29, 0.717) is 19.3 Å². The highest BCUT2D eigenvalue weighted by atomic mass is 31.2. The molecule has 0 aliphatic carbocycles. The molecule has 0 aromatic rings. The van der Waals surface area contributed by atoms with Gasteiger partial charge in [0.2, 0.25) is 0 Å². The van der Waals surface area contributed by atoms with Crippen molar-refractivity contribution in [3.8, 4) is 0 Å². The van der Waals surface area contributed by atoms with E-state index in [1.54, 1.807) is 0 Å². The fraction of sp³-hybridized carbons (Fsp3) is 0.773. The number of rotatable bonds is 42. The number of ether oxygens (including phenoxy) is 2. The van der Waals surface area contributed by atoms with Gasteiger partial charge in [-0.15, -0.1) is 0 Å². The number of phosphoric acid groups is 2. The van der Waals surface area contributed by atoms with Crippen molar-refractivity contribution < 1.29 is 61.6 Å². The third-order valence-electron chi connectivity index (χ3n) is 9.21. The Hall–Kier alpha value is -1.92. The molecule has 0 bridgehead atoms. The molecule has 59 heavy (non-hydrogen) atoms. The van der Waals surface area contributed by atoms with Crippen molar-refractivity contribution in [3.63, 3.8) is 0 Å². The van der Waals surface area contributed by atoms with E-state index in [9.17, 15) is 28.7 Å². The molecule has 0 aliphatic rings. The van der Waals surface area contributed by atoms with Gasteiger partial charge in [-0.3, -0.25) is 23.2 Å². The van der Waals surface area contributed by atoms with E-state index in [-0.39, 0.29) is 12.8 Å². The molecular formula is C44H80O13P2. The number of hydrogen-bond acceptors (Lipinski definition) is 10. The quantitative estimate of drug-likeness (QED) is 0.0196. The van der Waals surface area contributed by atoms with E-state index in [1.807, 2.05) is 12.2 Å². The molecule has 344 valence electrons. The average Bonchev–Trinajstić information content (AvgIpc) is 3.19. The van der Waals surface area contributed by atoms with Crippen LogP contribution in [0.4, 0.5) is 0 Å². The van der Waals surface area contributed by atoms with Gasteiger partial charge in [-0.05, 0) is 51.4 Å². The number of carbonyl (C=O) groups is 2. The normalized spacial score (nSPS) is 14.5. The summed E-state index contributed by atoms with van der Waals surface area (Å²) in [4.78, 5) is 52.7. The van der Waals surface area contributed by atoms with E-state index >= 15 is 0 Å². The van der Waals surface area contributed by atoms with Gasteiger partial charge in [-0.1, -0.05) is 165 Å². The molecule has 0 rings (SSSR count). The first-order valence-corrected chi connectivity index (χ1v) is 25.4. The number of phosphoric ester groups is 2. The molecule has 0 saturated carbocycles. The lowest BCUT2D eigenvalue weighted by Crippen LogP contribution is -2.29. The number of esters is 2. The maximum atomic E-state index is 12.6. The minimum atomic E-state index is -4.87. The summed E-state index contributed by atoms with van der Waals surface area (Å²) in [6.45, 7) is 1.69. The van der Waals surface area contributed by atoms with Gasteiger partial charge < -0.3 is 29.3 Å². The van der Waals surface area contributed by atoms with Gasteiger partial charge in [0.15, 0.2) is 6.10 Å². The maximum absolute atomic E-state index is 12.6. The Morgan fingerprint density at radius 1 is 0.492 bits per heavy atom. The Bertz CT molecular complexity index is 1230. The summed E-state index contributed by atoms with van der Waals surface area (Å²) >= 11 is 0. The molecule has 0 spiro atoms. The van der Waals surface area contributed by atoms with Gasteiger partial charge in [-0.2, -0.15) is 0 Å². The fourth-order valence-corrected chi connectivity index (χ4v) is 6.97. The summed E-state index contributed by atoms with van der Waals surface area (Å²) < 4.78 is 47.7. The highest BCUT2D eigenvalue weighted by Crippen LogP contribution is 2.43. The van der Waals surface area contributed by atoms with E-state index < -0.39 is 66.2 Å². The second-order valence-electron chi connectivity index (χ2n) is 15.0. The van der Waals surface area contributed by atoms with Gasteiger partial charge in [-0.25, -0.2) is 9.13 Å². The van der Waals surface area contributed by atoms with Crippen LogP contribution in [0.2, 0.25) is 0 Å². The zero-order chi connectivity index (χ0) is 43.7. The van der Waals surface area contributed by atoms with E-state index in [4.69, 9.17) is 23.8 Å². The molecule has 4 N–H and O–H groups in total. The molecule has 0 heterocycles. The number of aliphatic hydroxyl groups is 1. The SMILES string of the molecule is CCCCCC=CCC=CCC=CCC=CCCCC(=O)OC(COC(=O)CCCCCCCCCCCCCCCCC)COP(=O)(O)OCC(O)COP(=O)(O)O. The van der Waals surface area contributed by atoms with Crippen molar-refractivity contribution in [2.45, 2.75) is 193 Å². The first-order chi connectivity index (χ1) is 28.4. The maximum Gasteiger partial charge on any atom is 0.472 e. The fourth-order valence-electron chi connectivity index (χ4n) is 5.81. The van der Waals surface area contributed by atoms with Crippen LogP contribution in [0.15, 0.2) is 48.6 Å². The van der Waals surface area contributed by atoms with Crippen LogP contribution in [0.3, 0.4) is 0 Å². The Labute approximate surface area is 356 Å². The van der Waals surface area contributed by atoms with E-state index in [2.05, 4.69) is 59.4 Å². The molecule has 3 unspecified atom stereocenters. The largest absolute Gasteiger partial charge is 0.472 e. The summed E-state index contributed by atoms with van der Waals surface area (Å²) in [6.07, 6.45) is 41.1. The number of aliphatic hydroxyl groups excluding tert-OH is 1. The van der Waals surface area contributed by atoms with Crippen LogP contribution in [-0.2, 0) is 41.8 Å². The van der Waals surface area contributed by atoms with Crippen molar-refractivity contribution in [2.75, 3.05) is 26.4 Å². The highest BCUT2D eigenvalue weighted by Gasteiger charge is 2.28. The Morgan fingerprint density at radius 3 is 1.41 bits per heavy atom. The zero-order valence-electron chi connectivity index (χ0n) is 36.3. The molecule has 0 amide bonds. The molecule has 0 aliphatic heterocycles. The monoisotopic (exact) mass is 879 g/mol. The zero-order valence-corrected chi connectivity index (χ0v) is 38.1. The Balaban J connectivity index is 4.59. The number of allylic oxidation sites excluding steroid dienone is 8. The lowest BCUT2D eigenvalue weighted by atomic mass is 10.0. The van der Waals surface area contributed by atoms with Crippen molar-refractivity contribution in [1.82, 2.24) is 0 Å². The van der Waals surface area contributed by atoms with E-state index in [1.165, 1.54) is 89.9 Å². The predicted octanol–water partition coefficient (Wildman–Crippen LogP) is 11.5. The minimum absolute atomic E-state index is 0.0562. The number of carbonyl (C=O) groups excluding carboxylic acids is 2. The van der Waals surface area contributed by atoms with Crippen LogP contribution in [0.5, 0.6) is 0 Å². The van der Waals surface area contributed by atoms with Gasteiger partial charge in [0.1, 0.15) is 12.7 Å². The lowest BCUT2D eigenvalue weighted by Gasteiger charge is -2.20. The first kappa shape index (κ1) is 57.1. The predicted molar refractivity (Wildman–Crippen MR) is 235 cm³/mol. The van der Waals surface area contributed by atoms with Crippen LogP contribution in [-0.4, -0.2) is 70.4 Å². The van der Waals surface area contributed by atoms with Crippen LogP contribution in [0, 0.1) is 0 Å². The van der Waals surface area contributed by atoms with Gasteiger partial charge in [0.05, 0.1) is 19.8 Å². The topological polar surface area (TPSA) is 195 Å². The molecule has 13 nitrogen and oxygen atoms in total. The van der Waals surface area contributed by atoms with E-state index in [0.717, 1.165) is 44.9 Å². The van der Waals surface area contributed by atoms with Gasteiger partial charge in [0.25, 0.3) is 0 Å². The third kappa shape index (κ3) is 44.0. The average molecular weight is 879 g/mol. The molecular weight excluding hydrogens is 798 g/mol. The molecule has 3 atom stereocenters. The van der Waals surface area contributed by atoms with Crippen molar-refractivity contribution in [3.05, 3.63) is 48.6 Å². The smallest absolute Gasteiger partial charge is 0.462 e. The third-order valence-corrected chi connectivity index (χ3v) is 10.6. The van der Waals surface area contributed by atoms with Crippen LogP contribution in [0.25, 0.3) is 0 Å². The van der Waals surface area contributed by atoms with Crippen LogP contribution in [0.1, 0.15) is 181 Å². The minimum Gasteiger partial charge on any atom is -0.462 e. The Kier molecular flexibility index (Phi) is 38.9.